The average molecular weight is 219 g/mol. The van der Waals surface area contributed by atoms with Crippen molar-refractivity contribution in [3.05, 3.63) is 29.3 Å². The number of fused-ring (bicyclic) bond motifs is 1. The zero-order valence-corrected chi connectivity index (χ0v) is 9.53. The summed E-state index contributed by atoms with van der Waals surface area (Å²) in [4.78, 5) is 0. The molecule has 0 amide bonds. The van der Waals surface area contributed by atoms with E-state index < -0.39 is 0 Å². The summed E-state index contributed by atoms with van der Waals surface area (Å²) in [6.45, 7) is 1.71. The Morgan fingerprint density at radius 1 is 1.38 bits per heavy atom. The fourth-order valence-electron chi connectivity index (χ4n) is 2.50. The Balaban J connectivity index is 1.79. The number of benzene rings is 1. The second-order valence-electron chi connectivity index (χ2n) is 4.56. The van der Waals surface area contributed by atoms with Crippen molar-refractivity contribution in [1.29, 1.82) is 0 Å². The third-order valence-electron chi connectivity index (χ3n) is 3.51. The van der Waals surface area contributed by atoms with Crippen molar-refractivity contribution in [2.75, 3.05) is 20.3 Å². The zero-order chi connectivity index (χ0) is 11.0. The predicted molar refractivity (Wildman–Crippen MR) is 61.8 cm³/mol. The number of hydrogen-bond acceptors (Lipinski definition) is 3. The first-order chi connectivity index (χ1) is 7.86. The lowest BCUT2D eigenvalue weighted by molar-refractivity contribution is -0.0101. The number of aryl methyl sites for hydroxylation is 1. The average Bonchev–Trinajstić information content (AvgIpc) is 2.65. The maximum Gasteiger partial charge on any atom is 0.119 e. The molecular weight excluding hydrogens is 202 g/mol. The van der Waals surface area contributed by atoms with Gasteiger partial charge in [-0.2, -0.15) is 0 Å². The Labute approximate surface area is 95.8 Å². The minimum absolute atomic E-state index is 0.485. The van der Waals surface area contributed by atoms with Crippen molar-refractivity contribution in [3.8, 4) is 5.75 Å². The maximum atomic E-state index is 5.28. The molecule has 2 aliphatic rings. The van der Waals surface area contributed by atoms with Gasteiger partial charge in [0.2, 0.25) is 0 Å². The van der Waals surface area contributed by atoms with Gasteiger partial charge in [-0.25, -0.2) is 0 Å². The van der Waals surface area contributed by atoms with Crippen molar-refractivity contribution in [1.82, 2.24) is 5.32 Å². The third kappa shape index (κ3) is 1.70. The van der Waals surface area contributed by atoms with Crippen molar-refractivity contribution < 1.29 is 9.47 Å². The van der Waals surface area contributed by atoms with Gasteiger partial charge in [0.1, 0.15) is 5.75 Å². The highest BCUT2D eigenvalue weighted by molar-refractivity contribution is 5.40. The van der Waals surface area contributed by atoms with Crippen molar-refractivity contribution in [2.24, 2.45) is 0 Å². The van der Waals surface area contributed by atoms with Gasteiger partial charge in [-0.1, -0.05) is 6.07 Å². The van der Waals surface area contributed by atoms with Gasteiger partial charge in [-0.05, 0) is 36.1 Å². The summed E-state index contributed by atoms with van der Waals surface area (Å²) in [5.74, 6) is 0.956. The van der Waals surface area contributed by atoms with E-state index >= 15 is 0 Å². The van der Waals surface area contributed by atoms with Gasteiger partial charge in [0.15, 0.2) is 0 Å². The van der Waals surface area contributed by atoms with E-state index in [0.717, 1.165) is 19.0 Å². The lowest BCUT2D eigenvalue weighted by Crippen LogP contribution is -2.46. The SMILES string of the molecule is COc1ccc2c(c1)C(NC1COC1)CC2. The third-order valence-corrected chi connectivity index (χ3v) is 3.51. The molecule has 1 saturated heterocycles. The monoisotopic (exact) mass is 219 g/mol. The van der Waals surface area contributed by atoms with Gasteiger partial charge >= 0.3 is 0 Å². The molecule has 0 radical (unpaired) electrons. The summed E-state index contributed by atoms with van der Waals surface area (Å²) in [5.41, 5.74) is 2.87. The highest BCUT2D eigenvalue weighted by atomic mass is 16.5. The smallest absolute Gasteiger partial charge is 0.119 e. The first-order valence-electron chi connectivity index (χ1n) is 5.87. The highest BCUT2D eigenvalue weighted by Crippen LogP contribution is 2.34. The lowest BCUT2D eigenvalue weighted by Gasteiger charge is -2.30. The van der Waals surface area contributed by atoms with Crippen LogP contribution in [-0.2, 0) is 11.2 Å². The van der Waals surface area contributed by atoms with Crippen LogP contribution in [0.4, 0.5) is 0 Å². The number of methoxy groups -OCH3 is 1. The Hall–Kier alpha value is -1.06. The van der Waals surface area contributed by atoms with Gasteiger partial charge in [-0.15, -0.1) is 0 Å². The van der Waals surface area contributed by atoms with Crippen LogP contribution in [0.25, 0.3) is 0 Å². The van der Waals surface area contributed by atoms with Crippen LogP contribution in [0.3, 0.4) is 0 Å². The molecule has 1 fully saturated rings. The molecule has 1 unspecified atom stereocenters. The molecule has 0 aromatic heterocycles. The van der Waals surface area contributed by atoms with E-state index in [1.165, 1.54) is 24.0 Å². The molecule has 3 heteroatoms. The first-order valence-corrected chi connectivity index (χ1v) is 5.87. The minimum atomic E-state index is 0.485. The summed E-state index contributed by atoms with van der Waals surface area (Å²) in [5, 5.41) is 3.64. The van der Waals surface area contributed by atoms with Crippen LogP contribution >= 0.6 is 0 Å². The van der Waals surface area contributed by atoms with E-state index in [0.29, 0.717) is 12.1 Å². The van der Waals surface area contributed by atoms with Crippen LogP contribution in [0.5, 0.6) is 5.75 Å². The molecule has 3 rings (SSSR count). The largest absolute Gasteiger partial charge is 0.497 e. The second-order valence-corrected chi connectivity index (χ2v) is 4.56. The maximum absolute atomic E-state index is 5.28. The van der Waals surface area contributed by atoms with Crippen LogP contribution in [0.15, 0.2) is 18.2 Å². The van der Waals surface area contributed by atoms with Crippen LogP contribution in [-0.4, -0.2) is 26.4 Å². The fraction of sp³-hybridized carbons (Fsp3) is 0.538. The zero-order valence-electron chi connectivity index (χ0n) is 9.53. The van der Waals surface area contributed by atoms with Gasteiger partial charge in [0.25, 0.3) is 0 Å². The van der Waals surface area contributed by atoms with Gasteiger partial charge < -0.3 is 14.8 Å². The van der Waals surface area contributed by atoms with Crippen LogP contribution in [0.2, 0.25) is 0 Å². The van der Waals surface area contributed by atoms with Gasteiger partial charge in [0, 0.05) is 6.04 Å². The molecule has 0 bridgehead atoms. The topological polar surface area (TPSA) is 30.5 Å². The Bertz CT molecular complexity index is 388. The van der Waals surface area contributed by atoms with Gasteiger partial charge in [-0.3, -0.25) is 0 Å². The molecule has 0 saturated carbocycles. The second kappa shape index (κ2) is 4.07. The lowest BCUT2D eigenvalue weighted by atomic mass is 10.1. The number of hydrogen-bond donors (Lipinski definition) is 1. The summed E-state index contributed by atoms with van der Waals surface area (Å²) in [6.07, 6.45) is 2.36. The Kier molecular flexibility index (Phi) is 2.58. The van der Waals surface area contributed by atoms with E-state index in [1.54, 1.807) is 7.11 Å². The van der Waals surface area contributed by atoms with E-state index in [4.69, 9.17) is 9.47 Å². The molecule has 1 aliphatic carbocycles. The minimum Gasteiger partial charge on any atom is -0.497 e. The molecule has 1 N–H and O–H groups in total. The van der Waals surface area contributed by atoms with Crippen molar-refractivity contribution in [3.63, 3.8) is 0 Å². The van der Waals surface area contributed by atoms with E-state index in [2.05, 4.69) is 17.4 Å². The predicted octanol–water partition coefficient (Wildman–Crippen LogP) is 1.67. The molecule has 3 nitrogen and oxygen atoms in total. The summed E-state index contributed by atoms with van der Waals surface area (Å²) in [7, 11) is 1.72. The Morgan fingerprint density at radius 3 is 2.94 bits per heavy atom. The van der Waals surface area contributed by atoms with Crippen molar-refractivity contribution in [2.45, 2.75) is 24.9 Å². The van der Waals surface area contributed by atoms with E-state index in [1.807, 2.05) is 6.07 Å². The standard InChI is InChI=1S/C13H17NO2/c1-15-11-4-2-9-3-5-13(12(9)6-11)14-10-7-16-8-10/h2,4,6,10,13-14H,3,5,7-8H2,1H3. The van der Waals surface area contributed by atoms with Crippen LogP contribution < -0.4 is 10.1 Å². The number of ether oxygens (including phenoxy) is 2. The summed E-state index contributed by atoms with van der Waals surface area (Å²) in [6, 6.07) is 7.43. The van der Waals surface area contributed by atoms with E-state index in [-0.39, 0.29) is 0 Å². The molecule has 86 valence electrons. The molecule has 1 aromatic carbocycles. The molecule has 1 aliphatic heterocycles. The molecule has 1 heterocycles. The first kappa shape index (κ1) is 10.1. The summed E-state index contributed by atoms with van der Waals surface area (Å²) >= 11 is 0. The van der Waals surface area contributed by atoms with Gasteiger partial charge in [0.05, 0.1) is 26.4 Å². The molecular formula is C13H17NO2. The van der Waals surface area contributed by atoms with Crippen LogP contribution in [0.1, 0.15) is 23.6 Å². The number of nitrogens with one attached hydrogen (secondary N) is 1. The van der Waals surface area contributed by atoms with Crippen LogP contribution in [0, 0.1) is 0 Å². The molecule has 0 spiro atoms. The quantitative estimate of drug-likeness (QED) is 0.839. The Morgan fingerprint density at radius 2 is 2.25 bits per heavy atom. The van der Waals surface area contributed by atoms with Crippen molar-refractivity contribution >= 4 is 0 Å². The normalized spacial score (nSPS) is 23.9. The molecule has 1 aromatic rings. The highest BCUT2D eigenvalue weighted by Gasteiger charge is 2.27. The molecule has 16 heavy (non-hydrogen) atoms. The molecule has 1 atom stereocenters. The number of rotatable bonds is 3. The van der Waals surface area contributed by atoms with E-state index in [9.17, 15) is 0 Å². The fourth-order valence-corrected chi connectivity index (χ4v) is 2.50. The summed E-state index contributed by atoms with van der Waals surface area (Å²) < 4.78 is 10.5.